The molecule has 8 nitrogen and oxygen atoms in total. The zero-order chi connectivity index (χ0) is 19.9. The number of hydrogen-bond acceptors (Lipinski definition) is 5. The number of hydrogen-bond donors (Lipinski definition) is 2. The fraction of sp³-hybridized carbons (Fsp3) is 0.450. The Morgan fingerprint density at radius 1 is 1.25 bits per heavy atom. The molecule has 0 aromatic carbocycles. The third-order valence-corrected chi connectivity index (χ3v) is 4.59. The van der Waals surface area contributed by atoms with Crippen LogP contribution in [-0.4, -0.2) is 50.9 Å². The first-order valence-corrected chi connectivity index (χ1v) is 9.52. The summed E-state index contributed by atoms with van der Waals surface area (Å²) in [6.07, 6.45) is 5.24. The summed E-state index contributed by atoms with van der Waals surface area (Å²) >= 11 is 0. The quantitative estimate of drug-likeness (QED) is 0.756. The van der Waals surface area contributed by atoms with Crippen molar-refractivity contribution in [3.8, 4) is 0 Å². The molecule has 0 radical (unpaired) electrons. The Labute approximate surface area is 164 Å². The van der Waals surface area contributed by atoms with Crippen molar-refractivity contribution >= 4 is 11.9 Å². The summed E-state index contributed by atoms with van der Waals surface area (Å²) in [5, 5.41) is 5.88. The molecule has 1 fully saturated rings. The van der Waals surface area contributed by atoms with Gasteiger partial charge in [0.15, 0.2) is 0 Å². The average molecular weight is 382 g/mol. The monoisotopic (exact) mass is 382 g/mol. The first-order valence-electron chi connectivity index (χ1n) is 9.52. The van der Waals surface area contributed by atoms with Crippen LogP contribution in [0.1, 0.15) is 35.6 Å². The van der Waals surface area contributed by atoms with Gasteiger partial charge in [0, 0.05) is 62.3 Å². The van der Waals surface area contributed by atoms with Crippen molar-refractivity contribution in [3.63, 3.8) is 0 Å². The molecular formula is C20H26N6O2. The van der Waals surface area contributed by atoms with E-state index in [2.05, 4.69) is 25.6 Å². The molecule has 2 aromatic heterocycles. The first-order chi connectivity index (χ1) is 13.5. The fourth-order valence-electron chi connectivity index (χ4n) is 3.31. The maximum atomic E-state index is 12.8. The lowest BCUT2D eigenvalue weighted by Crippen LogP contribution is -2.46. The van der Waals surface area contributed by atoms with Crippen LogP contribution in [0.2, 0.25) is 0 Å². The number of carbonyl (C=O) groups is 2. The Bertz CT molecular complexity index is 806. The highest BCUT2D eigenvalue weighted by atomic mass is 16.2. The van der Waals surface area contributed by atoms with Gasteiger partial charge in [-0.25, -0.2) is 14.8 Å². The number of nitrogens with one attached hydrogen (secondary N) is 2. The van der Waals surface area contributed by atoms with Gasteiger partial charge in [-0.2, -0.15) is 0 Å². The lowest BCUT2D eigenvalue weighted by molar-refractivity contribution is -0.119. The lowest BCUT2D eigenvalue weighted by Gasteiger charge is -2.26. The van der Waals surface area contributed by atoms with Crippen molar-refractivity contribution in [3.05, 3.63) is 53.4 Å². The predicted octanol–water partition coefficient (Wildman–Crippen LogP) is 1.52. The van der Waals surface area contributed by atoms with Crippen LogP contribution in [0.5, 0.6) is 0 Å². The van der Waals surface area contributed by atoms with Crippen LogP contribution in [0, 0.1) is 13.8 Å². The van der Waals surface area contributed by atoms with Crippen LogP contribution in [-0.2, 0) is 17.8 Å². The molecular weight excluding hydrogens is 356 g/mol. The molecule has 8 heteroatoms. The molecule has 0 bridgehead atoms. The van der Waals surface area contributed by atoms with Crippen molar-refractivity contribution in [2.45, 2.75) is 45.7 Å². The summed E-state index contributed by atoms with van der Waals surface area (Å²) in [5.74, 6) is 0.766. The lowest BCUT2D eigenvalue weighted by atomic mass is 10.2. The molecule has 3 rings (SSSR count). The van der Waals surface area contributed by atoms with Crippen molar-refractivity contribution < 1.29 is 9.59 Å². The summed E-state index contributed by atoms with van der Waals surface area (Å²) < 4.78 is 0. The molecule has 1 aliphatic rings. The van der Waals surface area contributed by atoms with E-state index in [4.69, 9.17) is 0 Å². The van der Waals surface area contributed by atoms with Crippen LogP contribution in [0.25, 0.3) is 0 Å². The summed E-state index contributed by atoms with van der Waals surface area (Å²) in [6, 6.07) is 5.52. The second-order valence-corrected chi connectivity index (χ2v) is 7.09. The number of aromatic nitrogens is 3. The molecule has 1 saturated heterocycles. The third-order valence-electron chi connectivity index (χ3n) is 4.59. The van der Waals surface area contributed by atoms with E-state index in [1.54, 1.807) is 17.3 Å². The Balaban J connectivity index is 1.59. The maximum absolute atomic E-state index is 12.8. The van der Waals surface area contributed by atoms with Gasteiger partial charge in [0.25, 0.3) is 0 Å². The SMILES string of the molecule is Cc1cc(C)nc(CCNC(=O)N(Cc2ccncc2)C[C@@H]2CCC(=O)N2)n1. The van der Waals surface area contributed by atoms with E-state index in [9.17, 15) is 9.59 Å². The van der Waals surface area contributed by atoms with E-state index < -0.39 is 0 Å². The van der Waals surface area contributed by atoms with Gasteiger partial charge in [0.05, 0.1) is 0 Å². The number of nitrogens with zero attached hydrogens (tertiary/aromatic N) is 4. The minimum atomic E-state index is -0.165. The summed E-state index contributed by atoms with van der Waals surface area (Å²) in [4.78, 5) is 38.8. The molecule has 3 amide bonds. The number of urea groups is 1. The van der Waals surface area contributed by atoms with E-state index in [1.807, 2.05) is 32.0 Å². The Hall–Kier alpha value is -3.03. The summed E-state index contributed by atoms with van der Waals surface area (Å²) in [7, 11) is 0. The van der Waals surface area contributed by atoms with Gasteiger partial charge in [-0.05, 0) is 44.0 Å². The van der Waals surface area contributed by atoms with E-state index in [-0.39, 0.29) is 18.0 Å². The summed E-state index contributed by atoms with van der Waals surface area (Å²) in [6.45, 7) is 5.25. The number of carbonyl (C=O) groups excluding carboxylic acids is 2. The summed E-state index contributed by atoms with van der Waals surface area (Å²) in [5.41, 5.74) is 2.84. The molecule has 0 spiro atoms. The van der Waals surface area contributed by atoms with Crippen molar-refractivity contribution in [1.82, 2.24) is 30.5 Å². The molecule has 2 aromatic rings. The molecule has 148 valence electrons. The zero-order valence-electron chi connectivity index (χ0n) is 16.3. The minimum Gasteiger partial charge on any atom is -0.352 e. The fourth-order valence-corrected chi connectivity index (χ4v) is 3.31. The average Bonchev–Trinajstić information content (AvgIpc) is 3.06. The zero-order valence-corrected chi connectivity index (χ0v) is 16.3. The second-order valence-electron chi connectivity index (χ2n) is 7.09. The number of rotatable bonds is 7. The van der Waals surface area contributed by atoms with Crippen LogP contribution in [0.15, 0.2) is 30.6 Å². The van der Waals surface area contributed by atoms with Gasteiger partial charge in [0.1, 0.15) is 5.82 Å². The highest BCUT2D eigenvalue weighted by molar-refractivity contribution is 5.79. The minimum absolute atomic E-state index is 0.0113. The first kappa shape index (κ1) is 19.7. The van der Waals surface area contributed by atoms with Crippen molar-refractivity contribution in [2.75, 3.05) is 13.1 Å². The molecule has 0 saturated carbocycles. The highest BCUT2D eigenvalue weighted by Gasteiger charge is 2.25. The number of pyridine rings is 1. The van der Waals surface area contributed by atoms with Gasteiger partial charge in [-0.15, -0.1) is 0 Å². The molecule has 28 heavy (non-hydrogen) atoms. The molecule has 3 heterocycles. The van der Waals surface area contributed by atoms with Crippen molar-refractivity contribution in [1.29, 1.82) is 0 Å². The Morgan fingerprint density at radius 2 is 1.96 bits per heavy atom. The van der Waals surface area contributed by atoms with E-state index in [1.165, 1.54) is 0 Å². The Morgan fingerprint density at radius 3 is 2.61 bits per heavy atom. The van der Waals surface area contributed by atoms with Crippen LogP contribution in [0.4, 0.5) is 4.79 Å². The van der Waals surface area contributed by atoms with E-state index in [0.717, 1.165) is 29.2 Å². The third kappa shape index (κ3) is 5.73. The molecule has 0 unspecified atom stereocenters. The standard InChI is InChI=1S/C20H26N6O2/c1-14-11-15(2)24-18(23-14)7-10-22-20(28)26(12-16-5-8-21-9-6-16)13-17-3-4-19(27)25-17/h5-6,8-9,11,17H,3-4,7,10,12-13H2,1-2H3,(H,22,28)(H,25,27)/t17-/m0/s1. The topological polar surface area (TPSA) is 100 Å². The van der Waals surface area contributed by atoms with Gasteiger partial charge >= 0.3 is 6.03 Å². The highest BCUT2D eigenvalue weighted by Crippen LogP contribution is 2.11. The molecule has 2 N–H and O–H groups in total. The largest absolute Gasteiger partial charge is 0.352 e. The van der Waals surface area contributed by atoms with E-state index in [0.29, 0.717) is 32.5 Å². The maximum Gasteiger partial charge on any atom is 0.317 e. The number of amides is 3. The van der Waals surface area contributed by atoms with Gasteiger partial charge < -0.3 is 15.5 Å². The van der Waals surface area contributed by atoms with Crippen LogP contribution in [0.3, 0.4) is 0 Å². The number of aryl methyl sites for hydroxylation is 2. The van der Waals surface area contributed by atoms with Gasteiger partial charge in [0.2, 0.25) is 5.91 Å². The van der Waals surface area contributed by atoms with E-state index >= 15 is 0 Å². The molecule has 1 aliphatic heterocycles. The van der Waals surface area contributed by atoms with Crippen LogP contribution >= 0.6 is 0 Å². The van der Waals surface area contributed by atoms with Gasteiger partial charge in [-0.3, -0.25) is 9.78 Å². The van der Waals surface area contributed by atoms with Gasteiger partial charge in [-0.1, -0.05) is 0 Å². The molecule has 1 atom stereocenters. The van der Waals surface area contributed by atoms with Crippen LogP contribution < -0.4 is 10.6 Å². The normalized spacial score (nSPS) is 15.9. The molecule has 0 aliphatic carbocycles. The smallest absolute Gasteiger partial charge is 0.317 e. The Kier molecular flexibility index (Phi) is 6.52. The predicted molar refractivity (Wildman–Crippen MR) is 104 cm³/mol. The van der Waals surface area contributed by atoms with Crippen molar-refractivity contribution in [2.24, 2.45) is 0 Å². The second kappa shape index (κ2) is 9.25.